The van der Waals surface area contributed by atoms with Crippen molar-refractivity contribution >= 4 is 11.9 Å². The summed E-state index contributed by atoms with van der Waals surface area (Å²) in [4.78, 5) is 18.0. The minimum Gasteiger partial charge on any atom is -0.481 e. The molecule has 0 aliphatic heterocycles. The molecule has 0 aliphatic rings. The molecule has 0 aromatic rings. The molecule has 0 rings (SSSR count). The van der Waals surface area contributed by atoms with E-state index in [1.54, 1.807) is 0 Å². The van der Waals surface area contributed by atoms with Gasteiger partial charge in [0.15, 0.2) is 0 Å². The summed E-state index contributed by atoms with van der Waals surface area (Å²) in [6.07, 6.45) is 0. The van der Waals surface area contributed by atoms with Crippen LogP contribution in [-0.2, 0) is 42.9 Å². The Morgan fingerprint density at radius 1 is 1.00 bits per heavy atom. The smallest absolute Gasteiger partial charge is 0.300 e. The van der Waals surface area contributed by atoms with E-state index in [1.807, 2.05) is 0 Å². The number of carboxylic acid groups (broad SMARTS) is 2. The van der Waals surface area contributed by atoms with Crippen molar-refractivity contribution in [1.82, 2.24) is 0 Å². The first kappa shape index (κ1) is 22.5. The maximum atomic E-state index is 9.00. The molecule has 10 heavy (non-hydrogen) atoms. The zero-order valence-electron chi connectivity index (χ0n) is 5.36. The van der Waals surface area contributed by atoms with Crippen LogP contribution >= 0.6 is 0 Å². The molecule has 0 spiro atoms. The molecule has 0 aliphatic carbocycles. The molecule has 67 valence electrons. The van der Waals surface area contributed by atoms with Crippen molar-refractivity contribution in [2.24, 2.45) is 0 Å². The van der Waals surface area contributed by atoms with Gasteiger partial charge < -0.3 is 10.2 Å². The first-order chi connectivity index (χ1) is 3.46. The van der Waals surface area contributed by atoms with Crippen molar-refractivity contribution in [3.05, 3.63) is 0 Å². The van der Waals surface area contributed by atoms with Gasteiger partial charge in [-0.3, -0.25) is 9.59 Å². The van der Waals surface area contributed by atoms with Crippen molar-refractivity contribution in [3.63, 3.8) is 0 Å². The topological polar surface area (TPSA) is 74.6 Å². The van der Waals surface area contributed by atoms with E-state index in [0.29, 0.717) is 0 Å². The maximum Gasteiger partial charge on any atom is 0.300 e. The van der Waals surface area contributed by atoms with Crippen molar-refractivity contribution < 1.29 is 53.1 Å². The second-order valence-corrected chi connectivity index (χ2v) is 1.04. The zero-order valence-corrected chi connectivity index (χ0v) is 7.39. The summed E-state index contributed by atoms with van der Waals surface area (Å²) in [6, 6.07) is 0. The zero-order chi connectivity index (χ0) is 7.15. The SMILES string of the molecule is CC(=O)O.CC(=O)O.[Co].[Ni]. The van der Waals surface area contributed by atoms with Gasteiger partial charge in [0.1, 0.15) is 0 Å². The Bertz CT molecular complexity index is 75.3. The Kier molecular flexibility index (Phi) is 36.0. The van der Waals surface area contributed by atoms with Gasteiger partial charge >= 0.3 is 0 Å². The molecule has 0 fully saturated rings. The van der Waals surface area contributed by atoms with Gasteiger partial charge in [0.2, 0.25) is 0 Å². The van der Waals surface area contributed by atoms with E-state index in [0.717, 1.165) is 13.8 Å². The van der Waals surface area contributed by atoms with Gasteiger partial charge in [-0.15, -0.1) is 0 Å². The molecule has 1 radical (unpaired) electrons. The second kappa shape index (κ2) is 16.0. The van der Waals surface area contributed by atoms with Crippen LogP contribution in [0.5, 0.6) is 0 Å². The van der Waals surface area contributed by atoms with Crippen LogP contribution in [0.4, 0.5) is 0 Å². The fourth-order valence-electron chi connectivity index (χ4n) is 0. The average molecular weight is 238 g/mol. The first-order valence-corrected chi connectivity index (χ1v) is 1.86. The number of hydrogen-bond acceptors (Lipinski definition) is 2. The standard InChI is InChI=1S/2C2H4O2.Co.Ni/c2*1-2(3)4;;/h2*1H3,(H,3,4);;. The number of aliphatic carboxylic acids is 2. The Morgan fingerprint density at radius 2 is 1.00 bits per heavy atom. The van der Waals surface area contributed by atoms with E-state index in [1.165, 1.54) is 0 Å². The predicted molar refractivity (Wildman–Crippen MR) is 26.6 cm³/mol. The summed E-state index contributed by atoms with van der Waals surface area (Å²) in [7, 11) is 0. The first-order valence-electron chi connectivity index (χ1n) is 1.86. The third-order valence-corrected chi connectivity index (χ3v) is 0. The molecule has 0 atom stereocenters. The van der Waals surface area contributed by atoms with Crippen LogP contribution in [0.2, 0.25) is 0 Å². The Balaban J connectivity index is -0.0000000300. The van der Waals surface area contributed by atoms with E-state index in [4.69, 9.17) is 19.8 Å². The summed E-state index contributed by atoms with van der Waals surface area (Å²) >= 11 is 0. The van der Waals surface area contributed by atoms with Gasteiger partial charge in [-0.2, -0.15) is 0 Å². The summed E-state index contributed by atoms with van der Waals surface area (Å²) in [6.45, 7) is 2.17. The Labute approximate surface area is 79.1 Å². The molecule has 0 aromatic heterocycles. The van der Waals surface area contributed by atoms with Crippen molar-refractivity contribution in [2.45, 2.75) is 13.8 Å². The van der Waals surface area contributed by atoms with Crippen molar-refractivity contribution in [1.29, 1.82) is 0 Å². The van der Waals surface area contributed by atoms with Crippen LogP contribution in [-0.4, -0.2) is 22.2 Å². The number of rotatable bonds is 0. The molecule has 0 amide bonds. The predicted octanol–water partition coefficient (Wildman–Crippen LogP) is 0.177. The van der Waals surface area contributed by atoms with Crippen LogP contribution < -0.4 is 0 Å². The molecule has 0 saturated heterocycles. The fraction of sp³-hybridized carbons (Fsp3) is 0.500. The quantitative estimate of drug-likeness (QED) is 0.590. The van der Waals surface area contributed by atoms with E-state index < -0.39 is 11.9 Å². The van der Waals surface area contributed by atoms with Gasteiger partial charge in [0.05, 0.1) is 0 Å². The van der Waals surface area contributed by atoms with E-state index >= 15 is 0 Å². The van der Waals surface area contributed by atoms with Crippen LogP contribution in [0.3, 0.4) is 0 Å². The second-order valence-electron chi connectivity index (χ2n) is 1.04. The van der Waals surface area contributed by atoms with Crippen LogP contribution in [0.25, 0.3) is 0 Å². The summed E-state index contributed by atoms with van der Waals surface area (Å²) in [5, 5.41) is 14.8. The summed E-state index contributed by atoms with van der Waals surface area (Å²) in [5.74, 6) is -1.67. The van der Waals surface area contributed by atoms with Gasteiger partial charge in [-0.05, 0) is 0 Å². The van der Waals surface area contributed by atoms with Crippen LogP contribution in [0, 0.1) is 0 Å². The molecule has 0 unspecified atom stereocenters. The minimum absolute atomic E-state index is 0. The molecular weight excluding hydrogens is 230 g/mol. The molecule has 0 aromatic carbocycles. The molecule has 6 heteroatoms. The van der Waals surface area contributed by atoms with Gasteiger partial charge in [0.25, 0.3) is 11.9 Å². The van der Waals surface area contributed by atoms with Crippen molar-refractivity contribution in [3.8, 4) is 0 Å². The largest absolute Gasteiger partial charge is 0.481 e. The Morgan fingerprint density at radius 3 is 1.00 bits per heavy atom. The van der Waals surface area contributed by atoms with Crippen molar-refractivity contribution in [2.75, 3.05) is 0 Å². The van der Waals surface area contributed by atoms with Crippen LogP contribution in [0.1, 0.15) is 13.8 Å². The summed E-state index contributed by atoms with van der Waals surface area (Å²) < 4.78 is 0. The number of hydrogen-bond donors (Lipinski definition) is 2. The summed E-state index contributed by atoms with van der Waals surface area (Å²) in [5.41, 5.74) is 0. The van der Waals surface area contributed by atoms with E-state index in [-0.39, 0.29) is 33.3 Å². The van der Waals surface area contributed by atoms with E-state index in [2.05, 4.69) is 0 Å². The molecular formula is C4H8CoNiO4. The molecule has 4 nitrogen and oxygen atoms in total. The minimum atomic E-state index is -0.833. The average Bonchev–Trinajstić information content (AvgIpc) is 1.25. The molecule has 2 N–H and O–H groups in total. The van der Waals surface area contributed by atoms with Gasteiger partial charge in [-0.25, -0.2) is 0 Å². The maximum absolute atomic E-state index is 9.00. The molecule has 0 heterocycles. The third kappa shape index (κ3) is 106000. The molecule has 0 bridgehead atoms. The van der Waals surface area contributed by atoms with Gasteiger partial charge in [0, 0.05) is 47.1 Å². The van der Waals surface area contributed by atoms with Gasteiger partial charge in [-0.1, -0.05) is 0 Å². The Hall–Kier alpha value is -0.0600. The number of carbonyl (C=O) groups is 2. The van der Waals surface area contributed by atoms with Crippen LogP contribution in [0.15, 0.2) is 0 Å². The van der Waals surface area contributed by atoms with E-state index in [9.17, 15) is 0 Å². The molecule has 0 saturated carbocycles. The normalized spacial score (nSPS) is 5.00. The third-order valence-electron chi connectivity index (χ3n) is 0. The number of carboxylic acids is 2. The fourth-order valence-corrected chi connectivity index (χ4v) is 0. The monoisotopic (exact) mass is 237 g/mol.